The molecule has 1 amide bonds. The van der Waals surface area contributed by atoms with Crippen molar-refractivity contribution in [1.29, 1.82) is 0 Å². The fourth-order valence-electron chi connectivity index (χ4n) is 2.08. The SMILES string of the molecule is O=C1OCCN1c1ccc(OCC2CNC2)c(F)c1. The van der Waals surface area contributed by atoms with Gasteiger partial charge in [0.15, 0.2) is 11.6 Å². The van der Waals surface area contributed by atoms with Crippen LogP contribution in [0.15, 0.2) is 18.2 Å². The first-order valence-corrected chi connectivity index (χ1v) is 6.31. The van der Waals surface area contributed by atoms with Crippen LogP contribution in [0.4, 0.5) is 14.9 Å². The molecule has 2 saturated heterocycles. The molecule has 5 nitrogen and oxygen atoms in total. The number of halogens is 1. The van der Waals surface area contributed by atoms with Gasteiger partial charge < -0.3 is 14.8 Å². The molecule has 1 aromatic rings. The summed E-state index contributed by atoms with van der Waals surface area (Å²) in [4.78, 5) is 12.8. The van der Waals surface area contributed by atoms with Crippen LogP contribution < -0.4 is 15.0 Å². The van der Waals surface area contributed by atoms with Crippen molar-refractivity contribution in [3.05, 3.63) is 24.0 Å². The largest absolute Gasteiger partial charge is 0.490 e. The van der Waals surface area contributed by atoms with Gasteiger partial charge in [-0.2, -0.15) is 0 Å². The van der Waals surface area contributed by atoms with Gasteiger partial charge in [-0.25, -0.2) is 9.18 Å². The average Bonchev–Trinajstić information content (AvgIpc) is 2.75. The highest BCUT2D eigenvalue weighted by atomic mass is 19.1. The topological polar surface area (TPSA) is 50.8 Å². The van der Waals surface area contributed by atoms with E-state index >= 15 is 0 Å². The van der Waals surface area contributed by atoms with Gasteiger partial charge in [0.1, 0.15) is 6.61 Å². The molecule has 0 aliphatic carbocycles. The number of rotatable bonds is 4. The Kier molecular flexibility index (Phi) is 3.25. The first-order chi connectivity index (χ1) is 9.24. The van der Waals surface area contributed by atoms with Crippen LogP contribution in [0.1, 0.15) is 0 Å². The summed E-state index contributed by atoms with van der Waals surface area (Å²) >= 11 is 0. The number of nitrogens with one attached hydrogen (secondary N) is 1. The summed E-state index contributed by atoms with van der Waals surface area (Å²) in [6, 6.07) is 4.54. The van der Waals surface area contributed by atoms with Crippen molar-refractivity contribution in [3.8, 4) is 5.75 Å². The molecule has 0 unspecified atom stereocenters. The second-order valence-corrected chi connectivity index (χ2v) is 4.72. The number of hydrogen-bond acceptors (Lipinski definition) is 4. The van der Waals surface area contributed by atoms with Crippen molar-refractivity contribution >= 4 is 11.8 Å². The maximum absolute atomic E-state index is 13.9. The van der Waals surface area contributed by atoms with Crippen LogP contribution in [-0.4, -0.2) is 38.9 Å². The molecule has 0 atom stereocenters. The summed E-state index contributed by atoms with van der Waals surface area (Å²) < 4.78 is 24.1. The highest BCUT2D eigenvalue weighted by Gasteiger charge is 2.24. The molecule has 0 aromatic heterocycles. The van der Waals surface area contributed by atoms with E-state index in [4.69, 9.17) is 9.47 Å². The molecule has 1 N–H and O–H groups in total. The Hall–Kier alpha value is -1.82. The van der Waals surface area contributed by atoms with Gasteiger partial charge in [0.25, 0.3) is 0 Å². The molecule has 3 rings (SSSR count). The molecule has 1 aromatic carbocycles. The maximum Gasteiger partial charge on any atom is 0.414 e. The zero-order valence-corrected chi connectivity index (χ0v) is 10.4. The summed E-state index contributed by atoms with van der Waals surface area (Å²) in [5.74, 6) is 0.223. The molecular formula is C13H15FN2O3. The number of cyclic esters (lactones) is 1. The first kappa shape index (κ1) is 12.2. The summed E-state index contributed by atoms with van der Waals surface area (Å²) in [6.45, 7) is 3.13. The molecule has 2 aliphatic heterocycles. The lowest BCUT2D eigenvalue weighted by Crippen LogP contribution is -2.45. The molecule has 102 valence electrons. The van der Waals surface area contributed by atoms with Crippen LogP contribution in [0.3, 0.4) is 0 Å². The summed E-state index contributed by atoms with van der Waals surface area (Å²) in [7, 11) is 0. The fraction of sp³-hybridized carbons (Fsp3) is 0.462. The van der Waals surface area contributed by atoms with Crippen LogP contribution in [-0.2, 0) is 4.74 Å². The standard InChI is InChI=1S/C13H15FN2O3/c14-11-5-10(16-3-4-18-13(16)17)1-2-12(11)19-8-9-6-15-7-9/h1-2,5,9,15H,3-4,6-8H2. The number of benzene rings is 1. The molecule has 0 bridgehead atoms. The van der Waals surface area contributed by atoms with Crippen LogP contribution in [0.25, 0.3) is 0 Å². The molecule has 0 radical (unpaired) electrons. The lowest BCUT2D eigenvalue weighted by atomic mass is 10.1. The van der Waals surface area contributed by atoms with E-state index in [1.807, 2.05) is 0 Å². The van der Waals surface area contributed by atoms with Crippen LogP contribution >= 0.6 is 0 Å². The van der Waals surface area contributed by atoms with Gasteiger partial charge in [-0.05, 0) is 12.1 Å². The zero-order valence-electron chi connectivity index (χ0n) is 10.4. The molecule has 2 heterocycles. The highest BCUT2D eigenvalue weighted by Crippen LogP contribution is 2.26. The van der Waals surface area contributed by atoms with Crippen molar-refractivity contribution in [3.63, 3.8) is 0 Å². The van der Waals surface area contributed by atoms with Crippen molar-refractivity contribution in [2.75, 3.05) is 37.7 Å². The van der Waals surface area contributed by atoms with E-state index in [2.05, 4.69) is 5.32 Å². The maximum atomic E-state index is 13.9. The van der Waals surface area contributed by atoms with Gasteiger partial charge in [0.05, 0.1) is 18.8 Å². The quantitative estimate of drug-likeness (QED) is 0.894. The number of carbonyl (C=O) groups is 1. The Balaban J connectivity index is 1.68. The van der Waals surface area contributed by atoms with E-state index in [9.17, 15) is 9.18 Å². The Bertz CT molecular complexity index is 491. The van der Waals surface area contributed by atoms with E-state index in [1.54, 1.807) is 12.1 Å². The van der Waals surface area contributed by atoms with Gasteiger partial charge in [-0.15, -0.1) is 0 Å². The lowest BCUT2D eigenvalue weighted by Gasteiger charge is -2.27. The predicted molar refractivity (Wildman–Crippen MR) is 66.9 cm³/mol. The minimum Gasteiger partial charge on any atom is -0.490 e. The molecule has 0 saturated carbocycles. The molecule has 2 aliphatic rings. The molecule has 19 heavy (non-hydrogen) atoms. The minimum absolute atomic E-state index is 0.225. The van der Waals surface area contributed by atoms with Crippen LogP contribution in [0, 0.1) is 11.7 Å². The van der Waals surface area contributed by atoms with E-state index in [0.717, 1.165) is 13.1 Å². The van der Waals surface area contributed by atoms with E-state index < -0.39 is 11.9 Å². The molecule has 2 fully saturated rings. The highest BCUT2D eigenvalue weighted by molar-refractivity contribution is 5.89. The van der Waals surface area contributed by atoms with Crippen molar-refractivity contribution in [2.24, 2.45) is 5.92 Å². The summed E-state index contributed by atoms with van der Waals surface area (Å²) in [6.07, 6.45) is -0.436. The number of carbonyl (C=O) groups excluding carboxylic acids is 1. The Morgan fingerprint density at radius 1 is 1.47 bits per heavy atom. The van der Waals surface area contributed by atoms with Gasteiger partial charge in [0.2, 0.25) is 0 Å². The van der Waals surface area contributed by atoms with Crippen molar-refractivity contribution in [1.82, 2.24) is 5.32 Å². The average molecular weight is 266 g/mol. The third-order valence-corrected chi connectivity index (χ3v) is 3.33. The van der Waals surface area contributed by atoms with Gasteiger partial charge in [0, 0.05) is 25.1 Å². The predicted octanol–water partition coefficient (Wildman–Crippen LogP) is 1.38. The summed E-state index contributed by atoms with van der Waals surface area (Å²) in [5.41, 5.74) is 0.498. The van der Waals surface area contributed by atoms with Gasteiger partial charge >= 0.3 is 6.09 Å². The number of ether oxygens (including phenoxy) is 2. The molecular weight excluding hydrogens is 251 g/mol. The van der Waals surface area contributed by atoms with Crippen molar-refractivity contribution in [2.45, 2.75) is 0 Å². The number of anilines is 1. The van der Waals surface area contributed by atoms with Crippen LogP contribution in [0.2, 0.25) is 0 Å². The minimum atomic E-state index is -0.454. The summed E-state index contributed by atoms with van der Waals surface area (Å²) in [5, 5.41) is 3.13. The Labute approximate surface area is 110 Å². The van der Waals surface area contributed by atoms with E-state index in [-0.39, 0.29) is 5.75 Å². The van der Waals surface area contributed by atoms with Crippen molar-refractivity contribution < 1.29 is 18.7 Å². The Morgan fingerprint density at radius 2 is 2.32 bits per heavy atom. The first-order valence-electron chi connectivity index (χ1n) is 6.31. The smallest absolute Gasteiger partial charge is 0.414 e. The van der Waals surface area contributed by atoms with E-state index in [0.29, 0.717) is 31.4 Å². The fourth-order valence-corrected chi connectivity index (χ4v) is 2.08. The number of amides is 1. The lowest BCUT2D eigenvalue weighted by molar-refractivity contribution is 0.181. The second kappa shape index (κ2) is 5.05. The van der Waals surface area contributed by atoms with Crippen LogP contribution in [0.5, 0.6) is 5.75 Å². The third-order valence-electron chi connectivity index (χ3n) is 3.33. The number of nitrogens with zero attached hydrogens (tertiary/aromatic N) is 1. The molecule has 0 spiro atoms. The second-order valence-electron chi connectivity index (χ2n) is 4.72. The van der Waals surface area contributed by atoms with E-state index in [1.165, 1.54) is 11.0 Å². The monoisotopic (exact) mass is 266 g/mol. The van der Waals surface area contributed by atoms with Gasteiger partial charge in [-0.3, -0.25) is 4.90 Å². The Morgan fingerprint density at radius 3 is 2.89 bits per heavy atom. The molecule has 6 heteroatoms. The third kappa shape index (κ3) is 2.49. The normalized spacial score (nSPS) is 19.2. The zero-order chi connectivity index (χ0) is 13.2. The van der Waals surface area contributed by atoms with Gasteiger partial charge in [-0.1, -0.05) is 0 Å². The number of hydrogen-bond donors (Lipinski definition) is 1.